The van der Waals surface area contributed by atoms with Crippen molar-refractivity contribution in [3.05, 3.63) is 151 Å². The number of rotatable bonds is 3. The average molecular weight is 509 g/mol. The molecule has 40 heavy (non-hydrogen) atoms. The lowest BCUT2D eigenvalue weighted by molar-refractivity contribution is 1.06. The largest absolute Gasteiger partial charge is 0.0842 e. The van der Waals surface area contributed by atoms with Crippen molar-refractivity contribution in [3.63, 3.8) is 0 Å². The lowest BCUT2D eigenvalue weighted by Gasteiger charge is -2.21. The van der Waals surface area contributed by atoms with Crippen molar-refractivity contribution in [1.29, 1.82) is 0 Å². The van der Waals surface area contributed by atoms with E-state index in [2.05, 4.69) is 146 Å². The fourth-order valence-electron chi connectivity index (χ4n) is 6.70. The minimum Gasteiger partial charge on any atom is -0.0842 e. The molecule has 1 aliphatic rings. The van der Waals surface area contributed by atoms with Crippen LogP contribution in [0.4, 0.5) is 0 Å². The summed E-state index contributed by atoms with van der Waals surface area (Å²) in [6, 6.07) is 47.0. The number of hydrogen-bond acceptors (Lipinski definition) is 0. The van der Waals surface area contributed by atoms with Gasteiger partial charge in [0.05, 0.1) is 0 Å². The second kappa shape index (κ2) is 9.36. The molecule has 0 radical (unpaired) electrons. The van der Waals surface area contributed by atoms with Gasteiger partial charge in [-0.05, 0) is 95.4 Å². The van der Waals surface area contributed by atoms with Crippen LogP contribution in [0.25, 0.3) is 70.9 Å². The quantitative estimate of drug-likeness (QED) is 0.208. The van der Waals surface area contributed by atoms with E-state index in [4.69, 9.17) is 0 Å². The second-order valence-corrected chi connectivity index (χ2v) is 10.8. The molecule has 0 saturated heterocycles. The van der Waals surface area contributed by atoms with Gasteiger partial charge in [0.15, 0.2) is 0 Å². The molecular formula is C40H28. The fraction of sp³-hybridized carbons (Fsp3) is 0.0500. The van der Waals surface area contributed by atoms with Crippen LogP contribution in [0, 0.1) is 0 Å². The van der Waals surface area contributed by atoms with Crippen LogP contribution >= 0.6 is 0 Å². The Kier molecular flexibility index (Phi) is 5.38. The number of benzene rings is 7. The molecule has 0 aliphatic heterocycles. The summed E-state index contributed by atoms with van der Waals surface area (Å²) in [5.41, 5.74) is 7.95. The normalized spacial score (nSPS) is 13.3. The molecule has 8 rings (SSSR count). The summed E-state index contributed by atoms with van der Waals surface area (Å²) in [5.74, 6) is 0. The van der Waals surface area contributed by atoms with Crippen LogP contribution in [0.5, 0.6) is 0 Å². The zero-order chi connectivity index (χ0) is 26.5. The Hall–Kier alpha value is -4.94. The minimum atomic E-state index is 1.08. The van der Waals surface area contributed by atoms with Gasteiger partial charge in [-0.2, -0.15) is 0 Å². The predicted octanol–water partition coefficient (Wildman–Crippen LogP) is 11.4. The first-order valence-electron chi connectivity index (χ1n) is 14.2. The molecule has 0 spiro atoms. The summed E-state index contributed by atoms with van der Waals surface area (Å²) in [7, 11) is 0. The molecule has 0 heteroatoms. The van der Waals surface area contributed by atoms with Gasteiger partial charge in [0, 0.05) is 0 Å². The third kappa shape index (κ3) is 3.61. The summed E-state index contributed by atoms with van der Waals surface area (Å²) < 4.78 is 0. The summed E-state index contributed by atoms with van der Waals surface area (Å²) >= 11 is 0. The summed E-state index contributed by atoms with van der Waals surface area (Å²) in [5, 5.41) is 10.4. The lowest BCUT2D eigenvalue weighted by atomic mass is 9.82. The monoisotopic (exact) mass is 508 g/mol. The van der Waals surface area contributed by atoms with Crippen LogP contribution in [0.2, 0.25) is 0 Å². The summed E-state index contributed by atoms with van der Waals surface area (Å²) in [4.78, 5) is 0. The van der Waals surface area contributed by atoms with Crippen molar-refractivity contribution < 1.29 is 0 Å². The van der Waals surface area contributed by atoms with Crippen LogP contribution in [0.3, 0.4) is 0 Å². The smallest absolute Gasteiger partial charge is 0.00201 e. The Labute approximate surface area is 234 Å². The first-order valence-corrected chi connectivity index (χ1v) is 14.2. The molecule has 0 heterocycles. The molecule has 0 N–H and O–H groups in total. The maximum Gasteiger partial charge on any atom is -0.00201 e. The molecule has 7 aromatic rings. The summed E-state index contributed by atoms with van der Waals surface area (Å²) in [6.45, 7) is 0. The number of hydrogen-bond donors (Lipinski definition) is 0. The van der Waals surface area contributed by atoms with E-state index in [1.54, 1.807) is 0 Å². The Morgan fingerprint density at radius 3 is 1.62 bits per heavy atom. The molecule has 0 nitrogen and oxygen atoms in total. The Morgan fingerprint density at radius 2 is 0.975 bits per heavy atom. The van der Waals surface area contributed by atoms with Crippen LogP contribution in [-0.4, -0.2) is 0 Å². The first-order chi connectivity index (χ1) is 19.9. The topological polar surface area (TPSA) is 0 Å². The van der Waals surface area contributed by atoms with E-state index in [-0.39, 0.29) is 0 Å². The van der Waals surface area contributed by atoms with Crippen molar-refractivity contribution in [1.82, 2.24) is 0 Å². The average Bonchev–Trinajstić information content (AvgIpc) is 3.03. The highest BCUT2D eigenvalue weighted by atomic mass is 14.2. The van der Waals surface area contributed by atoms with E-state index in [0.29, 0.717) is 0 Å². The third-order valence-corrected chi connectivity index (χ3v) is 8.52. The van der Waals surface area contributed by atoms with Crippen LogP contribution in [0.1, 0.15) is 18.4 Å². The standard InChI is InChI=1S/C40H28/c1-2-13-28(14-3-1)39-34-18-8-10-20-36(34)40(37-21-11-9-19-35(37)39)38-25-24-31(32-16-6-7-17-33(32)38)30-23-22-27-12-4-5-15-29(27)26-30/h1-2,4-13,15-26H,3,14H2. The predicted molar refractivity (Wildman–Crippen MR) is 174 cm³/mol. The highest BCUT2D eigenvalue weighted by Crippen LogP contribution is 2.46. The summed E-state index contributed by atoms with van der Waals surface area (Å²) in [6.07, 6.45) is 8.97. The molecule has 1 aliphatic carbocycles. The van der Waals surface area contributed by atoms with Gasteiger partial charge in [-0.3, -0.25) is 0 Å². The van der Waals surface area contributed by atoms with Gasteiger partial charge in [0.2, 0.25) is 0 Å². The molecule has 0 aromatic heterocycles. The van der Waals surface area contributed by atoms with E-state index in [9.17, 15) is 0 Å². The molecule has 0 amide bonds. The fourth-order valence-corrected chi connectivity index (χ4v) is 6.70. The van der Waals surface area contributed by atoms with Gasteiger partial charge < -0.3 is 0 Å². The van der Waals surface area contributed by atoms with Gasteiger partial charge in [0.25, 0.3) is 0 Å². The molecule has 188 valence electrons. The number of allylic oxidation sites excluding steroid dienone is 4. The molecule has 0 bridgehead atoms. The minimum absolute atomic E-state index is 1.08. The van der Waals surface area contributed by atoms with Crippen LogP contribution in [0.15, 0.2) is 146 Å². The second-order valence-electron chi connectivity index (χ2n) is 10.8. The first kappa shape index (κ1) is 23.0. The Morgan fingerprint density at radius 1 is 0.425 bits per heavy atom. The van der Waals surface area contributed by atoms with Crippen molar-refractivity contribution in [2.24, 2.45) is 0 Å². The van der Waals surface area contributed by atoms with Crippen molar-refractivity contribution >= 4 is 48.7 Å². The maximum absolute atomic E-state index is 2.35. The highest BCUT2D eigenvalue weighted by Gasteiger charge is 2.19. The molecule has 0 atom stereocenters. The Bertz CT molecular complexity index is 2100. The van der Waals surface area contributed by atoms with Gasteiger partial charge in [-0.25, -0.2) is 0 Å². The zero-order valence-corrected chi connectivity index (χ0v) is 22.3. The molecular weight excluding hydrogens is 480 g/mol. The maximum atomic E-state index is 2.35. The van der Waals surface area contributed by atoms with Gasteiger partial charge in [-0.15, -0.1) is 0 Å². The van der Waals surface area contributed by atoms with Gasteiger partial charge >= 0.3 is 0 Å². The van der Waals surface area contributed by atoms with E-state index >= 15 is 0 Å². The third-order valence-electron chi connectivity index (χ3n) is 8.52. The van der Waals surface area contributed by atoms with Crippen molar-refractivity contribution in [3.8, 4) is 22.3 Å². The van der Waals surface area contributed by atoms with E-state index < -0.39 is 0 Å². The van der Waals surface area contributed by atoms with E-state index in [0.717, 1.165) is 12.8 Å². The molecule has 0 unspecified atom stereocenters. The number of fused-ring (bicyclic) bond motifs is 4. The molecule has 7 aromatic carbocycles. The Balaban J connectivity index is 1.44. The zero-order valence-electron chi connectivity index (χ0n) is 22.3. The lowest BCUT2D eigenvalue weighted by Crippen LogP contribution is -1.96. The van der Waals surface area contributed by atoms with Crippen LogP contribution < -0.4 is 0 Å². The van der Waals surface area contributed by atoms with Gasteiger partial charge in [0.1, 0.15) is 0 Å². The van der Waals surface area contributed by atoms with Gasteiger partial charge in [-0.1, -0.05) is 140 Å². The molecule has 0 fully saturated rings. The SMILES string of the molecule is C1=CCCC(c2c3ccccc3c(-c3ccc(-c4ccc5ccccc5c4)c4ccccc34)c3ccccc23)=C1. The van der Waals surface area contributed by atoms with Crippen LogP contribution in [-0.2, 0) is 0 Å². The molecule has 0 saturated carbocycles. The highest BCUT2D eigenvalue weighted by molar-refractivity contribution is 6.22. The van der Waals surface area contributed by atoms with Crippen molar-refractivity contribution in [2.75, 3.05) is 0 Å². The van der Waals surface area contributed by atoms with E-state index in [1.165, 1.54) is 76.5 Å². The van der Waals surface area contributed by atoms with Crippen molar-refractivity contribution in [2.45, 2.75) is 12.8 Å². The van der Waals surface area contributed by atoms with E-state index in [1.807, 2.05) is 0 Å².